The van der Waals surface area contributed by atoms with Crippen LogP contribution in [0.15, 0.2) is 22.7 Å². The molecule has 0 heterocycles. The van der Waals surface area contributed by atoms with Crippen molar-refractivity contribution >= 4 is 27.5 Å². The van der Waals surface area contributed by atoms with Gasteiger partial charge in [-0.25, -0.2) is 0 Å². The summed E-state index contributed by atoms with van der Waals surface area (Å²) in [5.74, 6) is 0. The fraction of sp³-hybridized carbons (Fsp3) is 0.571. The van der Waals surface area contributed by atoms with Gasteiger partial charge in [0.25, 0.3) is 0 Å². The Hall–Kier alpha value is -0.130. The van der Waals surface area contributed by atoms with E-state index in [-0.39, 0.29) is 0 Å². The maximum Gasteiger partial charge on any atom is 0.0589 e. The van der Waals surface area contributed by atoms with Crippen LogP contribution in [-0.4, -0.2) is 45.4 Å². The number of halogens is 2. The quantitative estimate of drug-likeness (QED) is 0.635. The molecule has 0 atom stereocenters. The monoisotopic (exact) mass is 349 g/mol. The number of hydrogen-bond acceptors (Lipinski definition) is 3. The molecule has 0 aromatic heterocycles. The summed E-state index contributed by atoms with van der Waals surface area (Å²) in [6, 6.07) is 6.01. The van der Waals surface area contributed by atoms with E-state index in [0.29, 0.717) is 0 Å². The summed E-state index contributed by atoms with van der Waals surface area (Å²) in [7, 11) is 3.45. The van der Waals surface area contributed by atoms with Gasteiger partial charge in [-0.1, -0.05) is 33.6 Å². The van der Waals surface area contributed by atoms with Crippen LogP contribution in [0.3, 0.4) is 0 Å². The molecular formula is C14H21BrClNO2. The lowest BCUT2D eigenvalue weighted by atomic mass is 10.2. The first-order valence-corrected chi connectivity index (χ1v) is 7.48. The van der Waals surface area contributed by atoms with Gasteiger partial charge in [-0.15, -0.1) is 0 Å². The molecule has 0 spiro atoms. The minimum atomic E-state index is 0.723. The first kappa shape index (κ1) is 16.9. The Morgan fingerprint density at radius 2 is 1.89 bits per heavy atom. The van der Waals surface area contributed by atoms with Gasteiger partial charge in [0.05, 0.1) is 6.61 Å². The number of nitrogens with zero attached hydrogens (tertiary/aromatic N) is 1. The van der Waals surface area contributed by atoms with Crippen molar-refractivity contribution in [3.63, 3.8) is 0 Å². The Morgan fingerprint density at radius 1 is 1.16 bits per heavy atom. The van der Waals surface area contributed by atoms with Crippen LogP contribution in [-0.2, 0) is 16.0 Å². The van der Waals surface area contributed by atoms with E-state index in [2.05, 4.69) is 26.9 Å². The van der Waals surface area contributed by atoms with Crippen molar-refractivity contribution in [2.75, 3.05) is 40.5 Å². The lowest BCUT2D eigenvalue weighted by Gasteiger charge is -2.22. The second-order valence-electron chi connectivity index (χ2n) is 4.35. The molecule has 0 saturated heterocycles. The maximum atomic E-state index is 6.26. The van der Waals surface area contributed by atoms with Crippen molar-refractivity contribution in [1.29, 1.82) is 0 Å². The van der Waals surface area contributed by atoms with Crippen molar-refractivity contribution in [3.8, 4) is 0 Å². The van der Waals surface area contributed by atoms with E-state index in [4.69, 9.17) is 21.1 Å². The molecule has 0 bridgehead atoms. The van der Waals surface area contributed by atoms with E-state index >= 15 is 0 Å². The van der Waals surface area contributed by atoms with Crippen molar-refractivity contribution in [2.24, 2.45) is 0 Å². The first-order valence-electron chi connectivity index (χ1n) is 6.31. The molecule has 0 radical (unpaired) electrons. The second kappa shape index (κ2) is 9.72. The molecule has 1 rings (SSSR count). The summed E-state index contributed by atoms with van der Waals surface area (Å²) in [4.78, 5) is 2.33. The first-order chi connectivity index (χ1) is 9.17. The lowest BCUT2D eigenvalue weighted by Crippen LogP contribution is -2.28. The minimum absolute atomic E-state index is 0.723. The number of benzene rings is 1. The fourth-order valence-corrected chi connectivity index (χ4v) is 2.55. The van der Waals surface area contributed by atoms with Gasteiger partial charge in [-0.3, -0.25) is 4.90 Å². The Labute approximate surface area is 129 Å². The second-order valence-corrected chi connectivity index (χ2v) is 5.67. The van der Waals surface area contributed by atoms with E-state index < -0.39 is 0 Å². The third kappa shape index (κ3) is 6.72. The van der Waals surface area contributed by atoms with E-state index in [9.17, 15) is 0 Å². The molecule has 0 N–H and O–H groups in total. The zero-order chi connectivity index (χ0) is 14.1. The summed E-state index contributed by atoms with van der Waals surface area (Å²) in [6.45, 7) is 4.20. The van der Waals surface area contributed by atoms with Crippen LogP contribution in [0.5, 0.6) is 0 Å². The summed E-state index contributed by atoms with van der Waals surface area (Å²) in [5, 5.41) is 0.795. The van der Waals surface area contributed by atoms with Crippen LogP contribution in [0.4, 0.5) is 0 Å². The standard InChI is InChI=1S/C14H21BrClNO2/c1-18-8-3-6-17(7-9-19-2)11-12-4-5-13(15)10-14(12)16/h4-5,10H,3,6-9,11H2,1-2H3. The van der Waals surface area contributed by atoms with Crippen LogP contribution in [0.1, 0.15) is 12.0 Å². The highest BCUT2D eigenvalue weighted by Gasteiger charge is 2.08. The van der Waals surface area contributed by atoms with Gasteiger partial charge in [0, 0.05) is 50.0 Å². The highest BCUT2D eigenvalue weighted by molar-refractivity contribution is 9.10. The lowest BCUT2D eigenvalue weighted by molar-refractivity contribution is 0.129. The average molecular weight is 351 g/mol. The van der Waals surface area contributed by atoms with Gasteiger partial charge >= 0.3 is 0 Å². The van der Waals surface area contributed by atoms with Crippen LogP contribution in [0.2, 0.25) is 5.02 Å². The van der Waals surface area contributed by atoms with Gasteiger partial charge in [0.2, 0.25) is 0 Å². The third-order valence-electron chi connectivity index (χ3n) is 2.84. The summed E-state index contributed by atoms with van der Waals surface area (Å²) in [6.07, 6.45) is 1.01. The molecule has 1 aromatic rings. The molecule has 0 aliphatic rings. The normalized spacial score (nSPS) is 11.2. The minimum Gasteiger partial charge on any atom is -0.385 e. The molecule has 0 unspecified atom stereocenters. The maximum absolute atomic E-state index is 6.26. The Morgan fingerprint density at radius 3 is 2.53 bits per heavy atom. The van der Waals surface area contributed by atoms with Crippen LogP contribution < -0.4 is 0 Å². The molecule has 5 heteroatoms. The van der Waals surface area contributed by atoms with Gasteiger partial charge in [-0.2, -0.15) is 0 Å². The average Bonchev–Trinajstić information content (AvgIpc) is 2.39. The highest BCUT2D eigenvalue weighted by atomic mass is 79.9. The van der Waals surface area contributed by atoms with Gasteiger partial charge in [0.1, 0.15) is 0 Å². The van der Waals surface area contributed by atoms with Crippen LogP contribution in [0.25, 0.3) is 0 Å². The van der Waals surface area contributed by atoms with Crippen molar-refractivity contribution in [3.05, 3.63) is 33.3 Å². The third-order valence-corrected chi connectivity index (χ3v) is 3.69. The number of hydrogen-bond donors (Lipinski definition) is 0. The van der Waals surface area contributed by atoms with Crippen molar-refractivity contribution < 1.29 is 9.47 Å². The molecular weight excluding hydrogens is 330 g/mol. The molecule has 0 aliphatic heterocycles. The fourth-order valence-electron chi connectivity index (χ4n) is 1.81. The molecule has 0 fully saturated rings. The molecule has 0 aliphatic carbocycles. The highest BCUT2D eigenvalue weighted by Crippen LogP contribution is 2.22. The van der Waals surface area contributed by atoms with Crippen molar-refractivity contribution in [1.82, 2.24) is 4.90 Å². The SMILES string of the molecule is COCCCN(CCOC)Cc1ccc(Br)cc1Cl. The Kier molecular flexibility index (Phi) is 8.66. The van der Waals surface area contributed by atoms with E-state index in [1.807, 2.05) is 12.1 Å². The topological polar surface area (TPSA) is 21.7 Å². The van der Waals surface area contributed by atoms with Crippen LogP contribution >= 0.6 is 27.5 Å². The van der Waals surface area contributed by atoms with Gasteiger partial charge in [0.15, 0.2) is 0 Å². The zero-order valence-electron chi connectivity index (χ0n) is 11.5. The Balaban J connectivity index is 2.58. The van der Waals surface area contributed by atoms with E-state index in [1.165, 1.54) is 0 Å². The summed E-state index contributed by atoms with van der Waals surface area (Å²) in [5.41, 5.74) is 1.14. The summed E-state index contributed by atoms with van der Waals surface area (Å²) >= 11 is 9.68. The summed E-state index contributed by atoms with van der Waals surface area (Å²) < 4.78 is 11.3. The largest absolute Gasteiger partial charge is 0.385 e. The molecule has 0 saturated carbocycles. The van der Waals surface area contributed by atoms with E-state index in [1.54, 1.807) is 14.2 Å². The smallest absolute Gasteiger partial charge is 0.0589 e. The van der Waals surface area contributed by atoms with Gasteiger partial charge in [-0.05, 0) is 24.1 Å². The zero-order valence-corrected chi connectivity index (χ0v) is 13.8. The predicted octanol–water partition coefficient (Wildman–Crippen LogP) is 3.59. The molecule has 3 nitrogen and oxygen atoms in total. The molecule has 19 heavy (non-hydrogen) atoms. The molecule has 1 aromatic carbocycles. The predicted molar refractivity (Wildman–Crippen MR) is 82.8 cm³/mol. The van der Waals surface area contributed by atoms with E-state index in [0.717, 1.165) is 54.3 Å². The molecule has 108 valence electrons. The van der Waals surface area contributed by atoms with Gasteiger partial charge < -0.3 is 9.47 Å². The molecule has 0 amide bonds. The number of methoxy groups -OCH3 is 2. The van der Waals surface area contributed by atoms with Crippen molar-refractivity contribution in [2.45, 2.75) is 13.0 Å². The number of ether oxygens (including phenoxy) is 2. The van der Waals surface area contributed by atoms with Crippen LogP contribution in [0, 0.1) is 0 Å². The number of rotatable bonds is 9. The Bertz CT molecular complexity index is 376.